The molecule has 2 aliphatic rings. The van der Waals surface area contributed by atoms with Crippen LogP contribution < -0.4 is 4.90 Å². The van der Waals surface area contributed by atoms with Crippen LogP contribution in [0.2, 0.25) is 0 Å². The molecule has 7 heteroatoms. The zero-order chi connectivity index (χ0) is 20.9. The maximum atomic E-state index is 5.35. The summed E-state index contributed by atoms with van der Waals surface area (Å²) in [6.07, 6.45) is 3.94. The van der Waals surface area contributed by atoms with Crippen LogP contribution in [0.1, 0.15) is 38.1 Å². The highest BCUT2D eigenvalue weighted by molar-refractivity contribution is 8.13. The second-order valence-corrected chi connectivity index (χ2v) is 9.47. The fourth-order valence-corrected chi connectivity index (χ4v) is 5.22. The molecule has 160 valence electrons. The summed E-state index contributed by atoms with van der Waals surface area (Å²) in [5, 5.41) is 9.62. The van der Waals surface area contributed by atoms with Crippen molar-refractivity contribution in [1.29, 1.82) is 0 Å². The van der Waals surface area contributed by atoms with E-state index in [0.717, 1.165) is 34.7 Å². The molecule has 2 saturated heterocycles. The molecule has 2 aliphatic heterocycles. The monoisotopic (exact) mass is 425 g/mol. The van der Waals surface area contributed by atoms with Crippen LogP contribution in [-0.4, -0.2) is 58.6 Å². The molecule has 0 spiro atoms. The lowest BCUT2D eigenvalue weighted by molar-refractivity contribution is 0.319. The molecule has 0 radical (unpaired) electrons. The van der Waals surface area contributed by atoms with Gasteiger partial charge in [0, 0.05) is 37.1 Å². The first-order chi connectivity index (χ1) is 14.6. The van der Waals surface area contributed by atoms with Crippen molar-refractivity contribution in [2.24, 2.45) is 16.1 Å². The van der Waals surface area contributed by atoms with Crippen molar-refractivity contribution in [2.45, 2.75) is 39.7 Å². The van der Waals surface area contributed by atoms with Crippen LogP contribution in [0.25, 0.3) is 0 Å². The lowest BCUT2D eigenvalue weighted by atomic mass is 10.1. The van der Waals surface area contributed by atoms with Crippen molar-refractivity contribution in [1.82, 2.24) is 9.88 Å². The van der Waals surface area contributed by atoms with Crippen LogP contribution in [0, 0.1) is 12.8 Å². The molecule has 4 rings (SSSR count). The van der Waals surface area contributed by atoms with E-state index in [1.54, 1.807) is 11.8 Å². The summed E-state index contributed by atoms with van der Waals surface area (Å²) < 4.78 is 5.35. The summed E-state index contributed by atoms with van der Waals surface area (Å²) in [5.74, 6) is 2.60. The minimum absolute atomic E-state index is 0.681. The lowest BCUT2D eigenvalue weighted by Crippen LogP contribution is -2.35. The first-order valence-electron chi connectivity index (χ1n) is 10.8. The number of aromatic nitrogens is 1. The molecule has 0 bridgehead atoms. The summed E-state index contributed by atoms with van der Waals surface area (Å²) in [6, 6.07) is 11.6. The Hall–Kier alpha value is -2.12. The van der Waals surface area contributed by atoms with Crippen LogP contribution in [0.15, 0.2) is 51.3 Å². The van der Waals surface area contributed by atoms with Crippen LogP contribution >= 0.6 is 11.8 Å². The van der Waals surface area contributed by atoms with Crippen LogP contribution in [-0.2, 0) is 0 Å². The Labute approximate surface area is 183 Å². The van der Waals surface area contributed by atoms with Gasteiger partial charge in [0.1, 0.15) is 5.71 Å². The maximum absolute atomic E-state index is 5.35. The second-order valence-electron chi connectivity index (χ2n) is 8.18. The zero-order valence-corrected chi connectivity index (χ0v) is 18.9. The van der Waals surface area contributed by atoms with Crippen molar-refractivity contribution >= 4 is 28.2 Å². The van der Waals surface area contributed by atoms with Crippen LogP contribution in [0.5, 0.6) is 0 Å². The van der Waals surface area contributed by atoms with Gasteiger partial charge in [-0.3, -0.25) is 0 Å². The van der Waals surface area contributed by atoms with Crippen LogP contribution in [0.3, 0.4) is 0 Å². The van der Waals surface area contributed by atoms with E-state index in [1.165, 1.54) is 44.6 Å². The summed E-state index contributed by atoms with van der Waals surface area (Å²) in [4.78, 5) is 9.36. The molecule has 2 fully saturated rings. The Morgan fingerprint density at radius 3 is 2.80 bits per heavy atom. The van der Waals surface area contributed by atoms with Crippen molar-refractivity contribution in [3.05, 3.63) is 48.2 Å². The maximum Gasteiger partial charge on any atom is 0.181 e. The van der Waals surface area contributed by atoms with Gasteiger partial charge in [-0.1, -0.05) is 18.2 Å². The third kappa shape index (κ3) is 4.95. The molecule has 30 heavy (non-hydrogen) atoms. The number of anilines is 1. The highest BCUT2D eigenvalue weighted by Gasteiger charge is 2.40. The van der Waals surface area contributed by atoms with E-state index in [1.807, 2.05) is 20.8 Å². The molecule has 2 atom stereocenters. The number of rotatable bonds is 7. The number of likely N-dealkylation sites (tertiary alicyclic amines) is 1. The van der Waals surface area contributed by atoms with Gasteiger partial charge in [0.2, 0.25) is 0 Å². The summed E-state index contributed by atoms with van der Waals surface area (Å²) in [5.41, 5.74) is 2.99. The van der Waals surface area contributed by atoms with Crippen LogP contribution in [0.4, 0.5) is 5.69 Å². The number of aryl methyl sites for hydroxylation is 1. The molecule has 1 aromatic heterocycles. The Morgan fingerprint density at radius 1 is 1.20 bits per heavy atom. The number of hydrogen-bond donors (Lipinski definition) is 0. The quantitative estimate of drug-likeness (QED) is 0.284. The Morgan fingerprint density at radius 2 is 2.03 bits per heavy atom. The predicted molar refractivity (Wildman–Crippen MR) is 126 cm³/mol. The summed E-state index contributed by atoms with van der Waals surface area (Å²) in [6.45, 7) is 10.6. The van der Waals surface area contributed by atoms with Gasteiger partial charge in [-0.25, -0.2) is 4.98 Å². The number of thioether (sulfide) groups is 1. The molecular formula is C23H31N5OS. The summed E-state index contributed by atoms with van der Waals surface area (Å²) >= 11 is 1.78. The van der Waals surface area contributed by atoms with E-state index in [-0.39, 0.29) is 0 Å². The largest absolute Gasteiger partial charge is 0.442 e. The fraction of sp³-hybridized carbons (Fsp3) is 0.522. The fourth-order valence-electron chi connectivity index (χ4n) is 4.55. The van der Waals surface area contributed by atoms with Gasteiger partial charge in [0.05, 0.1) is 10.7 Å². The standard InChI is InChI=1S/C23H31N5OS/c1-17-23(29-16-24-17)18(2)25-26-19(3)30-13-7-11-27-14-20-10-12-28(22(20)15-27)21-8-5-4-6-9-21/h4-6,8-9,16,20,22H,7,10-15H2,1-3H3/b25-18+,26-19+/t20-,22+/m0/s1. The lowest BCUT2D eigenvalue weighted by Gasteiger charge is -2.27. The number of oxazole rings is 1. The first kappa shape index (κ1) is 21.1. The first-order valence-corrected chi connectivity index (χ1v) is 11.8. The molecule has 0 N–H and O–H groups in total. The zero-order valence-electron chi connectivity index (χ0n) is 18.1. The molecule has 1 aromatic carbocycles. The summed E-state index contributed by atoms with van der Waals surface area (Å²) in [7, 11) is 0. The Bertz CT molecular complexity index is 894. The third-order valence-corrected chi connectivity index (χ3v) is 7.05. The molecular weight excluding hydrogens is 394 g/mol. The van der Waals surface area contributed by atoms with Crippen molar-refractivity contribution in [3.8, 4) is 0 Å². The smallest absolute Gasteiger partial charge is 0.181 e. The van der Waals surface area contributed by atoms with Crippen molar-refractivity contribution < 1.29 is 4.42 Å². The van der Waals surface area contributed by atoms with E-state index >= 15 is 0 Å². The average molecular weight is 426 g/mol. The Balaban J connectivity index is 1.20. The van der Waals surface area contributed by atoms with E-state index in [2.05, 4.69) is 55.3 Å². The van der Waals surface area contributed by atoms with Gasteiger partial charge < -0.3 is 14.2 Å². The molecule has 0 amide bonds. The van der Waals surface area contributed by atoms with Crippen molar-refractivity contribution in [3.63, 3.8) is 0 Å². The van der Waals surface area contributed by atoms with Gasteiger partial charge in [-0.05, 0) is 58.2 Å². The van der Waals surface area contributed by atoms with E-state index in [4.69, 9.17) is 4.42 Å². The minimum Gasteiger partial charge on any atom is -0.442 e. The molecule has 0 unspecified atom stereocenters. The van der Waals surface area contributed by atoms with E-state index < -0.39 is 0 Å². The molecule has 2 aromatic rings. The predicted octanol–water partition coefficient (Wildman–Crippen LogP) is 4.46. The Kier molecular flexibility index (Phi) is 6.89. The van der Waals surface area contributed by atoms with E-state index in [9.17, 15) is 0 Å². The number of fused-ring (bicyclic) bond motifs is 1. The number of benzene rings is 1. The minimum atomic E-state index is 0.681. The van der Waals surface area contributed by atoms with Crippen molar-refractivity contribution in [2.75, 3.05) is 36.8 Å². The number of para-hydroxylation sites is 1. The SMILES string of the molecule is C/C(=N\N=C(/C)c1ocnc1C)SCCCN1C[C@@H]2CCN(c3ccccc3)[C@@H]2C1. The normalized spacial score (nSPS) is 22.7. The number of hydrogen-bond acceptors (Lipinski definition) is 7. The average Bonchev–Trinajstić information content (AvgIpc) is 3.45. The number of nitrogens with zero attached hydrogens (tertiary/aromatic N) is 5. The topological polar surface area (TPSA) is 57.2 Å². The molecule has 6 nitrogen and oxygen atoms in total. The third-order valence-electron chi connectivity index (χ3n) is 6.06. The van der Waals surface area contributed by atoms with Gasteiger partial charge >= 0.3 is 0 Å². The second kappa shape index (κ2) is 9.79. The van der Waals surface area contributed by atoms with E-state index in [0.29, 0.717) is 11.8 Å². The molecule has 0 saturated carbocycles. The highest BCUT2D eigenvalue weighted by atomic mass is 32.2. The highest BCUT2D eigenvalue weighted by Crippen LogP contribution is 2.34. The van der Waals surface area contributed by atoms with Gasteiger partial charge in [-0.2, -0.15) is 5.10 Å². The molecule has 0 aliphatic carbocycles. The van der Waals surface area contributed by atoms with Gasteiger partial charge in [0.15, 0.2) is 12.2 Å². The van der Waals surface area contributed by atoms with Gasteiger partial charge in [-0.15, -0.1) is 16.9 Å². The van der Waals surface area contributed by atoms with Gasteiger partial charge in [0.25, 0.3) is 0 Å². The molecule has 3 heterocycles.